The minimum absolute atomic E-state index is 0.358. The summed E-state index contributed by atoms with van der Waals surface area (Å²) < 4.78 is 0. The van der Waals surface area contributed by atoms with Crippen LogP contribution in [0, 0.1) is 5.92 Å². The highest BCUT2D eigenvalue weighted by atomic mass is 16.3. The second-order valence-corrected chi connectivity index (χ2v) is 6.76. The molecule has 2 N–H and O–H groups in total. The van der Waals surface area contributed by atoms with E-state index in [1.807, 2.05) is 19.1 Å². The third-order valence-corrected chi connectivity index (χ3v) is 5.46. The van der Waals surface area contributed by atoms with Gasteiger partial charge in [0.15, 0.2) is 0 Å². The summed E-state index contributed by atoms with van der Waals surface area (Å²) in [5, 5.41) is 20.6. The van der Waals surface area contributed by atoms with E-state index in [4.69, 9.17) is 0 Å². The van der Waals surface area contributed by atoms with Crippen molar-refractivity contribution in [1.29, 1.82) is 0 Å². The van der Waals surface area contributed by atoms with Crippen LogP contribution >= 0.6 is 0 Å². The van der Waals surface area contributed by atoms with Crippen LogP contribution in [0.1, 0.15) is 57.1 Å². The zero-order valence-electron chi connectivity index (χ0n) is 13.0. The van der Waals surface area contributed by atoms with Gasteiger partial charge in [0.2, 0.25) is 0 Å². The van der Waals surface area contributed by atoms with Gasteiger partial charge < -0.3 is 15.1 Å². The van der Waals surface area contributed by atoms with Crippen molar-refractivity contribution < 1.29 is 10.2 Å². The van der Waals surface area contributed by atoms with E-state index in [2.05, 4.69) is 17.0 Å². The van der Waals surface area contributed by atoms with Crippen LogP contribution in [-0.2, 0) is 0 Å². The Balaban J connectivity index is 1.70. The van der Waals surface area contributed by atoms with Gasteiger partial charge in [0.05, 0.1) is 11.7 Å². The maximum absolute atomic E-state index is 10.7. The quantitative estimate of drug-likeness (QED) is 0.897. The van der Waals surface area contributed by atoms with E-state index < -0.39 is 5.60 Å². The van der Waals surface area contributed by atoms with Gasteiger partial charge in [0, 0.05) is 24.7 Å². The third-order valence-electron chi connectivity index (χ3n) is 5.46. The highest BCUT2D eigenvalue weighted by Gasteiger charge is 2.42. The number of aliphatic hydroxyl groups is 2. The van der Waals surface area contributed by atoms with Gasteiger partial charge in [0.1, 0.15) is 0 Å². The number of nitrogens with zero attached hydrogens (tertiary/aromatic N) is 1. The Kier molecular flexibility index (Phi) is 4.23. The molecular formula is C18H27NO2. The molecule has 2 unspecified atom stereocenters. The van der Waals surface area contributed by atoms with Crippen LogP contribution in [0.4, 0.5) is 5.69 Å². The normalized spacial score (nSPS) is 30.8. The van der Waals surface area contributed by atoms with E-state index in [0.717, 1.165) is 44.3 Å². The second-order valence-electron chi connectivity index (χ2n) is 6.76. The minimum Gasteiger partial charge on any atom is -0.389 e. The lowest BCUT2D eigenvalue weighted by Gasteiger charge is -2.48. The van der Waals surface area contributed by atoms with Gasteiger partial charge in [-0.1, -0.05) is 31.9 Å². The zero-order valence-corrected chi connectivity index (χ0v) is 13.0. The average molecular weight is 289 g/mol. The Labute approximate surface area is 127 Å². The standard InChI is InChI=1S/C18H27NO2/c1-2-17(20)14-6-8-16(9-7-14)19-12-11-18(21)10-4-3-5-15(18)13-19/h6-9,15,17,20-21H,2-5,10-13H2,1H3/t15?,17-,18?/m0/s1. The molecule has 2 fully saturated rings. The lowest BCUT2D eigenvalue weighted by Crippen LogP contribution is -2.53. The lowest BCUT2D eigenvalue weighted by atomic mass is 9.71. The Morgan fingerprint density at radius 3 is 2.71 bits per heavy atom. The number of aliphatic hydroxyl groups excluding tert-OH is 1. The molecule has 1 aromatic carbocycles. The molecule has 1 saturated heterocycles. The number of hydrogen-bond donors (Lipinski definition) is 2. The van der Waals surface area contributed by atoms with Crippen LogP contribution in [0.15, 0.2) is 24.3 Å². The van der Waals surface area contributed by atoms with Crippen molar-refractivity contribution in [2.45, 2.75) is 57.2 Å². The molecule has 3 atom stereocenters. The fourth-order valence-electron chi connectivity index (χ4n) is 3.95. The van der Waals surface area contributed by atoms with Crippen molar-refractivity contribution in [2.24, 2.45) is 5.92 Å². The fraction of sp³-hybridized carbons (Fsp3) is 0.667. The first-order chi connectivity index (χ1) is 10.1. The van der Waals surface area contributed by atoms with Gasteiger partial charge in [-0.3, -0.25) is 0 Å². The predicted molar refractivity (Wildman–Crippen MR) is 85.4 cm³/mol. The molecule has 1 aliphatic heterocycles. The number of piperidine rings is 1. The van der Waals surface area contributed by atoms with Gasteiger partial charge in [-0.15, -0.1) is 0 Å². The average Bonchev–Trinajstić information content (AvgIpc) is 2.53. The van der Waals surface area contributed by atoms with E-state index in [9.17, 15) is 10.2 Å². The summed E-state index contributed by atoms with van der Waals surface area (Å²) in [6, 6.07) is 8.29. The van der Waals surface area contributed by atoms with Gasteiger partial charge >= 0.3 is 0 Å². The molecule has 3 nitrogen and oxygen atoms in total. The van der Waals surface area contributed by atoms with E-state index in [0.29, 0.717) is 5.92 Å². The van der Waals surface area contributed by atoms with Crippen molar-refractivity contribution in [2.75, 3.05) is 18.0 Å². The molecule has 1 saturated carbocycles. The summed E-state index contributed by atoms with van der Waals surface area (Å²) in [5.74, 6) is 0.418. The summed E-state index contributed by atoms with van der Waals surface area (Å²) in [7, 11) is 0. The molecule has 3 heteroatoms. The van der Waals surface area contributed by atoms with Gasteiger partial charge in [-0.05, 0) is 43.4 Å². The molecule has 21 heavy (non-hydrogen) atoms. The number of benzene rings is 1. The van der Waals surface area contributed by atoms with E-state index in [1.54, 1.807) is 0 Å². The van der Waals surface area contributed by atoms with Crippen LogP contribution in [0.5, 0.6) is 0 Å². The first-order valence-corrected chi connectivity index (χ1v) is 8.38. The molecule has 0 radical (unpaired) electrons. The molecule has 3 rings (SSSR count). The maximum Gasteiger partial charge on any atom is 0.0787 e. The molecule has 0 bridgehead atoms. The highest BCUT2D eigenvalue weighted by molar-refractivity contribution is 5.48. The van der Waals surface area contributed by atoms with Crippen molar-refractivity contribution in [1.82, 2.24) is 0 Å². The summed E-state index contributed by atoms with van der Waals surface area (Å²) in [4.78, 5) is 2.40. The van der Waals surface area contributed by atoms with Crippen LogP contribution in [-0.4, -0.2) is 28.9 Å². The highest BCUT2D eigenvalue weighted by Crippen LogP contribution is 2.40. The SMILES string of the molecule is CC[C@H](O)c1ccc(N2CCC3(O)CCCCC3C2)cc1. The molecule has 1 heterocycles. The first-order valence-electron chi connectivity index (χ1n) is 8.38. The van der Waals surface area contributed by atoms with Crippen molar-refractivity contribution in [3.05, 3.63) is 29.8 Å². The summed E-state index contributed by atoms with van der Waals surface area (Å²) in [6.07, 6.45) is 5.84. The summed E-state index contributed by atoms with van der Waals surface area (Å²) >= 11 is 0. The molecule has 2 aliphatic rings. The summed E-state index contributed by atoms with van der Waals surface area (Å²) in [6.45, 7) is 3.89. The van der Waals surface area contributed by atoms with Crippen LogP contribution in [0.2, 0.25) is 0 Å². The topological polar surface area (TPSA) is 43.7 Å². The van der Waals surface area contributed by atoms with Crippen molar-refractivity contribution >= 4 is 5.69 Å². The van der Waals surface area contributed by atoms with Gasteiger partial charge in [-0.25, -0.2) is 0 Å². The molecular weight excluding hydrogens is 262 g/mol. The molecule has 0 spiro atoms. The molecule has 0 amide bonds. The van der Waals surface area contributed by atoms with Gasteiger partial charge in [-0.2, -0.15) is 0 Å². The zero-order chi connectivity index (χ0) is 14.9. The van der Waals surface area contributed by atoms with Crippen molar-refractivity contribution in [3.8, 4) is 0 Å². The Bertz CT molecular complexity index is 473. The maximum atomic E-state index is 10.7. The Morgan fingerprint density at radius 1 is 1.24 bits per heavy atom. The van der Waals surface area contributed by atoms with E-state index >= 15 is 0 Å². The smallest absolute Gasteiger partial charge is 0.0787 e. The van der Waals surface area contributed by atoms with Crippen LogP contribution in [0.3, 0.4) is 0 Å². The second kappa shape index (κ2) is 5.98. The largest absolute Gasteiger partial charge is 0.389 e. The molecule has 1 aromatic rings. The van der Waals surface area contributed by atoms with Crippen LogP contribution < -0.4 is 4.90 Å². The third kappa shape index (κ3) is 2.95. The Hall–Kier alpha value is -1.06. The fourth-order valence-corrected chi connectivity index (χ4v) is 3.95. The number of fused-ring (bicyclic) bond motifs is 1. The first kappa shape index (κ1) is 14.9. The molecule has 116 valence electrons. The number of hydrogen-bond acceptors (Lipinski definition) is 3. The van der Waals surface area contributed by atoms with Crippen molar-refractivity contribution in [3.63, 3.8) is 0 Å². The molecule has 1 aliphatic carbocycles. The van der Waals surface area contributed by atoms with Crippen LogP contribution in [0.25, 0.3) is 0 Å². The number of anilines is 1. The number of rotatable bonds is 3. The Morgan fingerprint density at radius 2 is 2.00 bits per heavy atom. The minimum atomic E-state index is -0.410. The lowest BCUT2D eigenvalue weighted by molar-refractivity contribution is -0.0612. The van der Waals surface area contributed by atoms with Gasteiger partial charge in [0.25, 0.3) is 0 Å². The predicted octanol–water partition coefficient (Wildman–Crippen LogP) is 3.26. The van der Waals surface area contributed by atoms with E-state index in [-0.39, 0.29) is 6.10 Å². The summed E-state index contributed by atoms with van der Waals surface area (Å²) in [5.41, 5.74) is 1.80. The monoisotopic (exact) mass is 289 g/mol. The van der Waals surface area contributed by atoms with E-state index in [1.165, 1.54) is 18.5 Å². The molecule has 0 aromatic heterocycles.